The first kappa shape index (κ1) is 12.3. The summed E-state index contributed by atoms with van der Waals surface area (Å²) < 4.78 is 18.6. The van der Waals surface area contributed by atoms with Gasteiger partial charge in [0.25, 0.3) is 0 Å². The van der Waals surface area contributed by atoms with Crippen LogP contribution in [0.3, 0.4) is 0 Å². The van der Waals surface area contributed by atoms with Crippen molar-refractivity contribution in [3.05, 3.63) is 24.3 Å². The lowest BCUT2D eigenvalue weighted by Crippen LogP contribution is -2.30. The van der Waals surface area contributed by atoms with E-state index in [2.05, 4.69) is 0 Å². The van der Waals surface area contributed by atoms with Crippen LogP contribution in [0.5, 0.6) is 11.5 Å². The van der Waals surface area contributed by atoms with E-state index in [1.165, 1.54) is 31.2 Å². The van der Waals surface area contributed by atoms with E-state index in [9.17, 15) is 9.18 Å². The quantitative estimate of drug-likeness (QED) is 0.808. The van der Waals surface area contributed by atoms with Gasteiger partial charge in [0.15, 0.2) is 5.67 Å². The van der Waals surface area contributed by atoms with Crippen LogP contribution in [0.4, 0.5) is 4.39 Å². The minimum Gasteiger partial charge on any atom is -0.508 e. The van der Waals surface area contributed by atoms with Crippen molar-refractivity contribution in [1.29, 1.82) is 0 Å². The molecule has 0 bridgehead atoms. The van der Waals surface area contributed by atoms with Gasteiger partial charge in [-0.3, -0.25) is 4.79 Å². The molecule has 0 radical (unpaired) electrons. The molecule has 16 heavy (non-hydrogen) atoms. The van der Waals surface area contributed by atoms with Gasteiger partial charge >= 0.3 is 5.97 Å². The number of phenolic OH excluding ortho intramolecular Hbond substituents is 1. The number of halogens is 1. The Morgan fingerprint density at radius 2 is 2.00 bits per heavy atom. The van der Waals surface area contributed by atoms with Crippen molar-refractivity contribution >= 4 is 5.97 Å². The number of aliphatic carboxylic acids is 1. The fourth-order valence-corrected chi connectivity index (χ4v) is 1.14. The summed E-state index contributed by atoms with van der Waals surface area (Å²) >= 11 is 0. The minimum absolute atomic E-state index is 0.0842. The molecule has 0 saturated heterocycles. The molecule has 1 rings (SSSR count). The van der Waals surface area contributed by atoms with E-state index in [-0.39, 0.29) is 12.4 Å². The van der Waals surface area contributed by atoms with Gasteiger partial charge in [0.05, 0.1) is 6.42 Å². The number of hydrogen-bond donors (Lipinski definition) is 2. The van der Waals surface area contributed by atoms with E-state index >= 15 is 0 Å². The monoisotopic (exact) mass is 228 g/mol. The summed E-state index contributed by atoms with van der Waals surface area (Å²) in [5, 5.41) is 17.5. The van der Waals surface area contributed by atoms with Crippen molar-refractivity contribution in [2.75, 3.05) is 6.61 Å². The van der Waals surface area contributed by atoms with Crippen LogP contribution in [-0.2, 0) is 4.79 Å². The first-order chi connectivity index (χ1) is 7.39. The molecule has 5 heteroatoms. The molecule has 1 unspecified atom stereocenters. The average molecular weight is 228 g/mol. The van der Waals surface area contributed by atoms with Gasteiger partial charge in [-0.25, -0.2) is 4.39 Å². The number of carbonyl (C=O) groups is 1. The third-order valence-electron chi connectivity index (χ3n) is 1.90. The van der Waals surface area contributed by atoms with Crippen LogP contribution in [0.25, 0.3) is 0 Å². The molecule has 1 aromatic rings. The zero-order valence-electron chi connectivity index (χ0n) is 8.81. The lowest BCUT2D eigenvalue weighted by molar-refractivity contribution is -0.140. The molecule has 4 nitrogen and oxygen atoms in total. The molecule has 0 fully saturated rings. The third kappa shape index (κ3) is 4.16. The van der Waals surface area contributed by atoms with Crippen LogP contribution in [0, 0.1) is 0 Å². The van der Waals surface area contributed by atoms with E-state index in [0.717, 1.165) is 0 Å². The van der Waals surface area contributed by atoms with E-state index < -0.39 is 18.1 Å². The molecule has 2 N–H and O–H groups in total. The maximum Gasteiger partial charge on any atom is 0.306 e. The fourth-order valence-electron chi connectivity index (χ4n) is 1.14. The molecular weight excluding hydrogens is 215 g/mol. The number of phenols is 1. The molecule has 0 aliphatic carbocycles. The van der Waals surface area contributed by atoms with Gasteiger partial charge in [-0.1, -0.05) is 0 Å². The van der Waals surface area contributed by atoms with E-state index in [1.807, 2.05) is 0 Å². The number of carboxylic acids is 1. The van der Waals surface area contributed by atoms with Crippen molar-refractivity contribution in [3.8, 4) is 11.5 Å². The standard InChI is InChI=1S/C11H13FO4/c1-11(12,6-10(14)15)7-16-9-4-2-8(13)3-5-9/h2-5,13H,6-7H2,1H3,(H,14,15). The van der Waals surface area contributed by atoms with E-state index in [1.54, 1.807) is 0 Å². The largest absolute Gasteiger partial charge is 0.508 e. The Labute approximate surface area is 92.3 Å². The average Bonchev–Trinajstić information content (AvgIpc) is 2.15. The highest BCUT2D eigenvalue weighted by Gasteiger charge is 2.27. The Morgan fingerprint density at radius 3 is 2.50 bits per heavy atom. The smallest absolute Gasteiger partial charge is 0.306 e. The Bertz CT molecular complexity index is 359. The Kier molecular flexibility index (Phi) is 3.71. The van der Waals surface area contributed by atoms with Crippen LogP contribution in [0.2, 0.25) is 0 Å². The van der Waals surface area contributed by atoms with E-state index in [4.69, 9.17) is 14.9 Å². The van der Waals surface area contributed by atoms with Crippen LogP contribution >= 0.6 is 0 Å². The second-order valence-corrected chi connectivity index (χ2v) is 3.77. The number of benzene rings is 1. The number of aromatic hydroxyl groups is 1. The van der Waals surface area contributed by atoms with Gasteiger partial charge in [0.2, 0.25) is 0 Å². The van der Waals surface area contributed by atoms with Gasteiger partial charge in [-0.2, -0.15) is 0 Å². The predicted octanol–water partition coefficient (Wildman–Crippen LogP) is 1.97. The highest BCUT2D eigenvalue weighted by Crippen LogP contribution is 2.20. The van der Waals surface area contributed by atoms with Crippen LogP contribution in [0.1, 0.15) is 13.3 Å². The van der Waals surface area contributed by atoms with Gasteiger partial charge in [-0.15, -0.1) is 0 Å². The van der Waals surface area contributed by atoms with Gasteiger partial charge in [0, 0.05) is 0 Å². The molecular formula is C11H13FO4. The van der Waals surface area contributed by atoms with Crippen molar-refractivity contribution < 1.29 is 24.1 Å². The maximum absolute atomic E-state index is 13.6. The van der Waals surface area contributed by atoms with Crippen LogP contribution in [0.15, 0.2) is 24.3 Å². The highest BCUT2D eigenvalue weighted by molar-refractivity contribution is 5.68. The second-order valence-electron chi connectivity index (χ2n) is 3.77. The van der Waals surface area contributed by atoms with Gasteiger partial charge < -0.3 is 14.9 Å². The summed E-state index contributed by atoms with van der Waals surface area (Å²) in [6.45, 7) is 0.825. The normalized spacial score (nSPS) is 14.1. The lowest BCUT2D eigenvalue weighted by Gasteiger charge is -2.18. The Balaban J connectivity index is 2.50. The Morgan fingerprint density at radius 1 is 1.44 bits per heavy atom. The number of carboxylic acid groups (broad SMARTS) is 1. The van der Waals surface area contributed by atoms with Crippen molar-refractivity contribution in [2.45, 2.75) is 19.0 Å². The molecule has 0 aromatic heterocycles. The molecule has 88 valence electrons. The molecule has 1 atom stereocenters. The van der Waals surface area contributed by atoms with Crippen molar-refractivity contribution in [2.24, 2.45) is 0 Å². The highest BCUT2D eigenvalue weighted by atomic mass is 19.1. The van der Waals surface area contributed by atoms with Gasteiger partial charge in [-0.05, 0) is 31.2 Å². The first-order valence-electron chi connectivity index (χ1n) is 4.72. The van der Waals surface area contributed by atoms with Crippen molar-refractivity contribution in [3.63, 3.8) is 0 Å². The van der Waals surface area contributed by atoms with Crippen LogP contribution < -0.4 is 4.74 Å². The fraction of sp³-hybridized carbons (Fsp3) is 0.364. The van der Waals surface area contributed by atoms with Crippen LogP contribution in [-0.4, -0.2) is 28.5 Å². The Hall–Kier alpha value is -1.78. The van der Waals surface area contributed by atoms with E-state index in [0.29, 0.717) is 5.75 Å². The molecule has 0 amide bonds. The summed E-state index contributed by atoms with van der Waals surface area (Å²) in [6.07, 6.45) is -0.606. The minimum atomic E-state index is -1.91. The first-order valence-corrected chi connectivity index (χ1v) is 4.72. The third-order valence-corrected chi connectivity index (χ3v) is 1.90. The summed E-state index contributed by atoms with van der Waals surface area (Å²) in [4.78, 5) is 10.3. The number of ether oxygens (including phenoxy) is 1. The summed E-state index contributed by atoms with van der Waals surface area (Å²) in [6, 6.07) is 5.77. The molecule has 0 aliphatic heterocycles. The summed E-state index contributed by atoms with van der Waals surface area (Å²) in [5.74, 6) is -0.743. The predicted molar refractivity (Wildman–Crippen MR) is 55.4 cm³/mol. The maximum atomic E-state index is 13.6. The lowest BCUT2D eigenvalue weighted by atomic mass is 10.1. The molecule has 1 aromatic carbocycles. The molecule has 0 heterocycles. The summed E-state index contributed by atoms with van der Waals surface area (Å²) in [7, 11) is 0. The summed E-state index contributed by atoms with van der Waals surface area (Å²) in [5.41, 5.74) is -1.91. The van der Waals surface area contributed by atoms with Crippen molar-refractivity contribution in [1.82, 2.24) is 0 Å². The number of rotatable bonds is 5. The van der Waals surface area contributed by atoms with Gasteiger partial charge in [0.1, 0.15) is 18.1 Å². The molecule has 0 saturated carbocycles. The number of alkyl halides is 1. The zero-order chi connectivity index (χ0) is 12.2. The molecule has 0 spiro atoms. The zero-order valence-corrected chi connectivity index (χ0v) is 8.81. The SMILES string of the molecule is CC(F)(COc1ccc(O)cc1)CC(=O)O. The molecule has 0 aliphatic rings. The topological polar surface area (TPSA) is 66.8 Å². The number of hydrogen-bond acceptors (Lipinski definition) is 3. The second kappa shape index (κ2) is 4.83.